The molecule has 1 aromatic heterocycles. The largest absolute Gasteiger partial charge is 0.383 e. The molecule has 10 nitrogen and oxygen atoms in total. The summed E-state index contributed by atoms with van der Waals surface area (Å²) in [6, 6.07) is 8.38. The lowest BCUT2D eigenvalue weighted by Gasteiger charge is -2.10. The Balaban J connectivity index is 1.51. The maximum absolute atomic E-state index is 14.5. The normalized spacial score (nSPS) is 11.1. The number of H-pyrrole nitrogens is 1. The van der Waals surface area contributed by atoms with Crippen LogP contribution in [0.5, 0.6) is 0 Å². The third kappa shape index (κ3) is 7.81. The molecule has 11 heteroatoms. The molecule has 0 bridgehead atoms. The highest BCUT2D eigenvalue weighted by atomic mass is 19.1. The van der Waals surface area contributed by atoms with Gasteiger partial charge in [-0.2, -0.15) is 0 Å². The summed E-state index contributed by atoms with van der Waals surface area (Å²) in [5.74, 6) is -0.267. The zero-order valence-electron chi connectivity index (χ0n) is 19.6. The van der Waals surface area contributed by atoms with Crippen molar-refractivity contribution in [1.29, 1.82) is 0 Å². The monoisotopic (exact) mass is 485 g/mol. The Morgan fingerprint density at radius 2 is 1.63 bits per heavy atom. The summed E-state index contributed by atoms with van der Waals surface area (Å²) in [4.78, 5) is 29.9. The lowest BCUT2D eigenvalue weighted by atomic mass is 10.1. The smallest absolute Gasteiger partial charge is 0.269 e. The molecule has 3 rings (SSSR count). The molecule has 0 spiro atoms. The quantitative estimate of drug-likeness (QED) is 0.125. The number of rotatable bonds is 15. The molecule has 0 fully saturated rings. The number of fused-ring (bicyclic) bond motifs is 1. The van der Waals surface area contributed by atoms with E-state index in [-0.39, 0.29) is 22.6 Å². The average Bonchev–Trinajstić information content (AvgIpc) is 2.85. The number of nitrogens with one attached hydrogen (secondary N) is 4. The maximum Gasteiger partial charge on any atom is 0.269 e. The standard InChI is InChI=1S/C24H32FN7O3/c25-20-15-19-21(30-23(31-24(19)33)17-5-7-18(8-6-17)32(34)35)16-22(20)29-14-4-13-28-11-2-1-10-27-12-3-9-26/h5-8,15-16,27-29H,1-4,9-14,26H2,(H,30,31,33). The molecule has 0 saturated heterocycles. The van der Waals surface area contributed by atoms with E-state index in [0.717, 1.165) is 51.9 Å². The van der Waals surface area contributed by atoms with Crippen molar-refractivity contribution in [3.05, 3.63) is 62.7 Å². The first-order valence-corrected chi connectivity index (χ1v) is 11.8. The summed E-state index contributed by atoms with van der Waals surface area (Å²) in [6.07, 6.45) is 3.99. The number of nitro groups is 1. The highest BCUT2D eigenvalue weighted by Crippen LogP contribution is 2.23. The molecule has 0 aliphatic rings. The van der Waals surface area contributed by atoms with Crippen LogP contribution in [0.15, 0.2) is 41.2 Å². The third-order valence-electron chi connectivity index (χ3n) is 5.51. The van der Waals surface area contributed by atoms with E-state index in [0.29, 0.717) is 24.2 Å². The first-order valence-electron chi connectivity index (χ1n) is 11.8. The molecule has 2 aromatic carbocycles. The Morgan fingerprint density at radius 3 is 2.29 bits per heavy atom. The second kappa shape index (κ2) is 13.5. The van der Waals surface area contributed by atoms with Crippen LogP contribution >= 0.6 is 0 Å². The Kier molecular flexibility index (Phi) is 10.1. The van der Waals surface area contributed by atoms with Crippen molar-refractivity contribution < 1.29 is 9.31 Å². The second-order valence-corrected chi connectivity index (χ2v) is 8.20. The van der Waals surface area contributed by atoms with E-state index in [1.807, 2.05) is 0 Å². The molecule has 0 aliphatic carbocycles. The molecule has 1 heterocycles. The van der Waals surface area contributed by atoms with E-state index in [1.54, 1.807) is 0 Å². The van der Waals surface area contributed by atoms with Crippen LogP contribution in [0, 0.1) is 15.9 Å². The zero-order chi connectivity index (χ0) is 25.0. The molecule has 0 saturated carbocycles. The minimum absolute atomic E-state index is 0.0599. The van der Waals surface area contributed by atoms with Gasteiger partial charge in [-0.3, -0.25) is 14.9 Å². The van der Waals surface area contributed by atoms with Gasteiger partial charge in [-0.25, -0.2) is 9.37 Å². The number of nitrogens with two attached hydrogens (primary N) is 1. The highest BCUT2D eigenvalue weighted by Gasteiger charge is 2.12. The number of halogens is 1. The van der Waals surface area contributed by atoms with Gasteiger partial charge in [0, 0.05) is 24.2 Å². The summed E-state index contributed by atoms with van der Waals surface area (Å²) in [5.41, 5.74) is 6.04. The van der Waals surface area contributed by atoms with Crippen molar-refractivity contribution in [1.82, 2.24) is 20.6 Å². The van der Waals surface area contributed by atoms with Crippen LogP contribution < -0.4 is 27.2 Å². The van der Waals surface area contributed by atoms with Gasteiger partial charge >= 0.3 is 0 Å². The lowest BCUT2D eigenvalue weighted by molar-refractivity contribution is -0.384. The minimum Gasteiger partial charge on any atom is -0.383 e. The van der Waals surface area contributed by atoms with Crippen LogP contribution in [0.1, 0.15) is 25.7 Å². The number of non-ortho nitro benzene ring substituents is 1. The van der Waals surface area contributed by atoms with Gasteiger partial charge in [0.25, 0.3) is 11.2 Å². The second-order valence-electron chi connectivity index (χ2n) is 8.20. The van der Waals surface area contributed by atoms with Gasteiger partial charge in [0.05, 0.1) is 21.5 Å². The minimum atomic E-state index is -0.525. The van der Waals surface area contributed by atoms with Gasteiger partial charge in [-0.1, -0.05) is 0 Å². The number of anilines is 1. The number of nitro benzene ring substituents is 1. The van der Waals surface area contributed by atoms with E-state index in [1.165, 1.54) is 36.4 Å². The molecule has 0 radical (unpaired) electrons. The Labute approximate surface area is 202 Å². The molecular weight excluding hydrogens is 453 g/mol. The predicted octanol–water partition coefficient (Wildman–Crippen LogP) is 2.75. The number of hydrogen-bond acceptors (Lipinski definition) is 8. The summed E-state index contributed by atoms with van der Waals surface area (Å²) in [7, 11) is 0. The predicted molar refractivity (Wildman–Crippen MR) is 136 cm³/mol. The first kappa shape index (κ1) is 26.2. The number of unbranched alkanes of at least 4 members (excludes halogenated alkanes) is 1. The van der Waals surface area contributed by atoms with Crippen molar-refractivity contribution in [3.63, 3.8) is 0 Å². The number of aromatic amines is 1. The molecular formula is C24H32FN7O3. The number of benzene rings is 2. The van der Waals surface area contributed by atoms with Crippen molar-refractivity contribution >= 4 is 22.3 Å². The molecule has 35 heavy (non-hydrogen) atoms. The van der Waals surface area contributed by atoms with Gasteiger partial charge in [0.2, 0.25) is 0 Å². The van der Waals surface area contributed by atoms with Crippen molar-refractivity contribution in [2.24, 2.45) is 5.73 Å². The summed E-state index contributed by atoms with van der Waals surface area (Å²) in [5, 5.41) is 20.8. The van der Waals surface area contributed by atoms with E-state index >= 15 is 0 Å². The fraction of sp³-hybridized carbons (Fsp3) is 0.417. The van der Waals surface area contributed by atoms with E-state index in [9.17, 15) is 19.3 Å². The van der Waals surface area contributed by atoms with E-state index in [4.69, 9.17) is 5.73 Å². The molecule has 0 amide bonds. The van der Waals surface area contributed by atoms with Crippen molar-refractivity contribution in [2.75, 3.05) is 44.6 Å². The van der Waals surface area contributed by atoms with Crippen LogP contribution in [-0.2, 0) is 0 Å². The van der Waals surface area contributed by atoms with Crippen molar-refractivity contribution in [2.45, 2.75) is 25.7 Å². The first-order chi connectivity index (χ1) is 17.0. The third-order valence-corrected chi connectivity index (χ3v) is 5.51. The SMILES string of the molecule is NCCCNCCCCNCCCNc1cc2nc(-c3ccc([N+](=O)[O-])cc3)[nH]c(=O)c2cc1F. The molecule has 0 unspecified atom stereocenters. The van der Waals surface area contributed by atoms with Gasteiger partial charge in [-0.05, 0) is 82.7 Å². The average molecular weight is 486 g/mol. The Morgan fingerprint density at radius 1 is 0.971 bits per heavy atom. The highest BCUT2D eigenvalue weighted by molar-refractivity contribution is 5.83. The summed E-state index contributed by atoms with van der Waals surface area (Å²) >= 11 is 0. The number of aromatic nitrogens is 2. The molecule has 188 valence electrons. The van der Waals surface area contributed by atoms with Gasteiger partial charge in [-0.15, -0.1) is 0 Å². The molecule has 6 N–H and O–H groups in total. The molecule has 0 aliphatic heterocycles. The maximum atomic E-state index is 14.5. The number of hydrogen-bond donors (Lipinski definition) is 5. The molecule has 0 atom stereocenters. The van der Waals surface area contributed by atoms with Crippen LogP contribution in [-0.4, -0.2) is 54.2 Å². The topological polar surface area (TPSA) is 151 Å². The van der Waals surface area contributed by atoms with Gasteiger partial charge in [0.15, 0.2) is 0 Å². The Hall–Kier alpha value is -3.41. The fourth-order valence-corrected chi connectivity index (χ4v) is 3.59. The van der Waals surface area contributed by atoms with Gasteiger partial charge < -0.3 is 26.7 Å². The zero-order valence-corrected chi connectivity index (χ0v) is 19.6. The van der Waals surface area contributed by atoms with Crippen LogP contribution in [0.3, 0.4) is 0 Å². The van der Waals surface area contributed by atoms with Crippen LogP contribution in [0.2, 0.25) is 0 Å². The van der Waals surface area contributed by atoms with Crippen LogP contribution in [0.25, 0.3) is 22.3 Å². The summed E-state index contributed by atoms with van der Waals surface area (Å²) in [6.45, 7) is 4.97. The number of nitrogens with zero attached hydrogens (tertiary/aromatic N) is 2. The van der Waals surface area contributed by atoms with E-state index < -0.39 is 16.3 Å². The van der Waals surface area contributed by atoms with Crippen molar-refractivity contribution in [3.8, 4) is 11.4 Å². The fourth-order valence-electron chi connectivity index (χ4n) is 3.59. The molecule has 3 aromatic rings. The Bertz CT molecular complexity index is 1170. The van der Waals surface area contributed by atoms with Gasteiger partial charge in [0.1, 0.15) is 11.6 Å². The van der Waals surface area contributed by atoms with Crippen LogP contribution in [0.4, 0.5) is 15.8 Å². The summed E-state index contributed by atoms with van der Waals surface area (Å²) < 4.78 is 14.5. The van der Waals surface area contributed by atoms with E-state index in [2.05, 4.69) is 25.9 Å². The lowest BCUT2D eigenvalue weighted by Crippen LogP contribution is -2.22.